The molecule has 1 aliphatic rings. The van der Waals surface area contributed by atoms with Crippen LogP contribution in [0.5, 0.6) is 5.75 Å². The van der Waals surface area contributed by atoms with Gasteiger partial charge in [0.2, 0.25) is 5.91 Å². The van der Waals surface area contributed by atoms with E-state index in [1.54, 1.807) is 24.3 Å². The number of aromatic hydroxyl groups is 1. The Morgan fingerprint density at radius 2 is 1.63 bits per heavy atom. The molecule has 2 aromatic rings. The van der Waals surface area contributed by atoms with Crippen LogP contribution in [0.2, 0.25) is 0 Å². The zero-order valence-corrected chi connectivity index (χ0v) is 15.9. The molecule has 1 aliphatic heterocycles. The van der Waals surface area contributed by atoms with Gasteiger partial charge in [-0.15, -0.1) is 0 Å². The summed E-state index contributed by atoms with van der Waals surface area (Å²) in [6.07, 6.45) is 0.475. The molecule has 0 aromatic heterocycles. The maximum absolute atomic E-state index is 13.2. The Kier molecular flexibility index (Phi) is 6.11. The van der Waals surface area contributed by atoms with Crippen LogP contribution in [-0.2, 0) is 17.9 Å². The fourth-order valence-corrected chi connectivity index (χ4v) is 3.60. The molecule has 0 bridgehead atoms. The summed E-state index contributed by atoms with van der Waals surface area (Å²) in [5.41, 5.74) is 2.07. The summed E-state index contributed by atoms with van der Waals surface area (Å²) < 4.78 is 13.2. The lowest BCUT2D eigenvalue weighted by molar-refractivity contribution is -0.134. The highest BCUT2D eigenvalue weighted by molar-refractivity contribution is 5.77. The number of phenols is 1. The van der Waals surface area contributed by atoms with E-state index in [4.69, 9.17) is 0 Å². The molecular weight excluding hydrogens is 343 g/mol. The molecule has 1 fully saturated rings. The van der Waals surface area contributed by atoms with Crippen molar-refractivity contribution in [1.82, 2.24) is 9.80 Å². The molecule has 0 spiro atoms. The van der Waals surface area contributed by atoms with E-state index in [2.05, 4.69) is 18.7 Å². The third-order valence-corrected chi connectivity index (χ3v) is 5.19. The molecule has 1 amide bonds. The largest absolute Gasteiger partial charge is 0.508 e. The maximum Gasteiger partial charge on any atom is 0.224 e. The first-order valence-corrected chi connectivity index (χ1v) is 9.46. The molecule has 3 rings (SSSR count). The van der Waals surface area contributed by atoms with Crippen molar-refractivity contribution in [3.05, 3.63) is 65.5 Å². The van der Waals surface area contributed by atoms with E-state index in [1.807, 2.05) is 17.0 Å². The second-order valence-corrected chi connectivity index (χ2v) is 7.61. The average molecular weight is 370 g/mol. The van der Waals surface area contributed by atoms with Crippen LogP contribution in [0.3, 0.4) is 0 Å². The fraction of sp³-hybridized carbons (Fsp3) is 0.409. The topological polar surface area (TPSA) is 43.8 Å². The van der Waals surface area contributed by atoms with Crippen LogP contribution in [0.25, 0.3) is 0 Å². The highest BCUT2D eigenvalue weighted by Gasteiger charge is 2.31. The number of rotatable bonds is 5. The number of nitrogens with zero attached hydrogens (tertiary/aromatic N) is 2. The summed E-state index contributed by atoms with van der Waals surface area (Å²) >= 11 is 0. The van der Waals surface area contributed by atoms with Gasteiger partial charge >= 0.3 is 0 Å². The molecule has 2 aromatic carbocycles. The predicted octanol–water partition coefficient (Wildman–Crippen LogP) is 3.79. The number of amides is 1. The van der Waals surface area contributed by atoms with E-state index >= 15 is 0 Å². The molecule has 1 atom stereocenters. The number of carbonyl (C=O) groups is 1. The first-order valence-electron chi connectivity index (χ1n) is 9.46. The van der Waals surface area contributed by atoms with E-state index in [-0.39, 0.29) is 23.5 Å². The molecule has 144 valence electrons. The van der Waals surface area contributed by atoms with Crippen molar-refractivity contribution < 1.29 is 14.3 Å². The third-order valence-electron chi connectivity index (χ3n) is 5.19. The smallest absolute Gasteiger partial charge is 0.224 e. The third kappa shape index (κ3) is 5.07. The molecule has 27 heavy (non-hydrogen) atoms. The van der Waals surface area contributed by atoms with E-state index in [9.17, 15) is 14.3 Å². The Morgan fingerprint density at radius 3 is 2.26 bits per heavy atom. The summed E-state index contributed by atoms with van der Waals surface area (Å²) in [6, 6.07) is 13.7. The molecule has 1 saturated heterocycles. The van der Waals surface area contributed by atoms with Gasteiger partial charge in [-0.05, 0) is 41.3 Å². The number of hydrogen-bond acceptors (Lipinski definition) is 3. The van der Waals surface area contributed by atoms with E-state index in [0.29, 0.717) is 25.4 Å². The van der Waals surface area contributed by atoms with Crippen molar-refractivity contribution in [2.24, 2.45) is 5.92 Å². The molecular formula is C22H27FN2O2. The SMILES string of the molecule is CC(C)[C@@H]1CN(Cc2ccc(O)cc2)CCC(=O)N1Cc1ccc(F)cc1. The van der Waals surface area contributed by atoms with Crippen LogP contribution < -0.4 is 0 Å². The van der Waals surface area contributed by atoms with Crippen LogP contribution in [0.1, 0.15) is 31.4 Å². The minimum absolute atomic E-state index is 0.0992. The second-order valence-electron chi connectivity index (χ2n) is 7.61. The highest BCUT2D eigenvalue weighted by atomic mass is 19.1. The Balaban J connectivity index is 1.75. The predicted molar refractivity (Wildman–Crippen MR) is 104 cm³/mol. The Bertz CT molecular complexity index is 759. The summed E-state index contributed by atoms with van der Waals surface area (Å²) in [6.45, 7) is 7.05. The number of halogens is 1. The molecule has 1 heterocycles. The lowest BCUT2D eigenvalue weighted by Crippen LogP contribution is -2.45. The summed E-state index contributed by atoms with van der Waals surface area (Å²) in [4.78, 5) is 17.1. The van der Waals surface area contributed by atoms with Gasteiger partial charge in [0, 0.05) is 38.6 Å². The molecule has 0 aliphatic carbocycles. The van der Waals surface area contributed by atoms with Gasteiger partial charge in [-0.1, -0.05) is 38.1 Å². The Labute approximate surface area is 160 Å². The molecule has 0 radical (unpaired) electrons. The first kappa shape index (κ1) is 19.4. The van der Waals surface area contributed by atoms with Crippen LogP contribution in [-0.4, -0.2) is 39.9 Å². The van der Waals surface area contributed by atoms with E-state index in [0.717, 1.165) is 24.2 Å². The molecule has 4 nitrogen and oxygen atoms in total. The van der Waals surface area contributed by atoms with Crippen LogP contribution in [0.15, 0.2) is 48.5 Å². The number of phenolic OH excluding ortho intramolecular Hbond substituents is 1. The van der Waals surface area contributed by atoms with Crippen LogP contribution in [0.4, 0.5) is 4.39 Å². The van der Waals surface area contributed by atoms with Crippen molar-refractivity contribution in [1.29, 1.82) is 0 Å². The quantitative estimate of drug-likeness (QED) is 0.871. The standard InChI is InChI=1S/C22H27FN2O2/c1-16(2)21-15-24(13-17-5-9-20(26)10-6-17)12-11-22(27)25(21)14-18-3-7-19(23)8-4-18/h3-10,16,21,26H,11-15H2,1-2H3/t21-/m0/s1. The zero-order valence-electron chi connectivity index (χ0n) is 15.9. The van der Waals surface area contributed by atoms with Gasteiger partial charge in [-0.3, -0.25) is 9.69 Å². The van der Waals surface area contributed by atoms with Gasteiger partial charge < -0.3 is 10.0 Å². The highest BCUT2D eigenvalue weighted by Crippen LogP contribution is 2.22. The lowest BCUT2D eigenvalue weighted by atomic mass is 10.0. The van der Waals surface area contributed by atoms with Gasteiger partial charge in [-0.25, -0.2) is 4.39 Å². The van der Waals surface area contributed by atoms with Crippen LogP contribution in [0, 0.1) is 11.7 Å². The average Bonchev–Trinajstić information content (AvgIpc) is 2.79. The van der Waals surface area contributed by atoms with Gasteiger partial charge in [-0.2, -0.15) is 0 Å². The monoisotopic (exact) mass is 370 g/mol. The van der Waals surface area contributed by atoms with Crippen molar-refractivity contribution in [2.45, 2.75) is 39.4 Å². The van der Waals surface area contributed by atoms with E-state index in [1.165, 1.54) is 12.1 Å². The van der Waals surface area contributed by atoms with Gasteiger partial charge in [0.1, 0.15) is 11.6 Å². The summed E-state index contributed by atoms with van der Waals surface area (Å²) in [7, 11) is 0. The van der Waals surface area contributed by atoms with Gasteiger partial charge in [0.15, 0.2) is 0 Å². The zero-order chi connectivity index (χ0) is 19.4. The molecule has 0 unspecified atom stereocenters. The van der Waals surface area contributed by atoms with Crippen molar-refractivity contribution in [3.8, 4) is 5.75 Å². The number of carbonyl (C=O) groups excluding carboxylic acids is 1. The van der Waals surface area contributed by atoms with E-state index < -0.39 is 0 Å². The molecule has 5 heteroatoms. The Hall–Kier alpha value is -2.40. The van der Waals surface area contributed by atoms with Crippen molar-refractivity contribution in [3.63, 3.8) is 0 Å². The summed E-state index contributed by atoms with van der Waals surface area (Å²) in [5.74, 6) is 0.456. The van der Waals surface area contributed by atoms with Crippen LogP contribution >= 0.6 is 0 Å². The number of hydrogen-bond donors (Lipinski definition) is 1. The maximum atomic E-state index is 13.2. The molecule has 0 saturated carbocycles. The number of benzene rings is 2. The van der Waals surface area contributed by atoms with Crippen molar-refractivity contribution in [2.75, 3.05) is 13.1 Å². The van der Waals surface area contributed by atoms with Gasteiger partial charge in [0.05, 0.1) is 0 Å². The fourth-order valence-electron chi connectivity index (χ4n) is 3.60. The first-order chi connectivity index (χ1) is 12.9. The van der Waals surface area contributed by atoms with Crippen molar-refractivity contribution >= 4 is 5.91 Å². The minimum atomic E-state index is -0.263. The van der Waals surface area contributed by atoms with Gasteiger partial charge in [0.25, 0.3) is 0 Å². The minimum Gasteiger partial charge on any atom is -0.508 e. The second kappa shape index (κ2) is 8.53. The normalized spacial score (nSPS) is 18.7. The lowest BCUT2D eigenvalue weighted by Gasteiger charge is -2.35. The summed E-state index contributed by atoms with van der Waals surface area (Å²) in [5, 5.41) is 9.46. The Morgan fingerprint density at radius 1 is 1.04 bits per heavy atom. The molecule has 1 N–H and O–H groups in total.